The number of thiazole rings is 1. The van der Waals surface area contributed by atoms with E-state index in [0.29, 0.717) is 5.91 Å². The molecule has 0 atom stereocenters. The van der Waals surface area contributed by atoms with Crippen molar-refractivity contribution in [3.8, 4) is 0 Å². The van der Waals surface area contributed by atoms with E-state index in [4.69, 9.17) is 4.98 Å². The number of benzene rings is 1. The van der Waals surface area contributed by atoms with E-state index in [-0.39, 0.29) is 5.92 Å². The SMILES string of the molecule is CCCCC1CCC(C(=O)N2CCN(c3nc4ccc(CC)cc4s3)CC2)CC1. The van der Waals surface area contributed by atoms with E-state index in [1.807, 2.05) is 0 Å². The molecule has 1 aliphatic heterocycles. The number of nitrogens with zero attached hydrogens (tertiary/aromatic N) is 3. The normalized spacial score (nSPS) is 23.0. The minimum absolute atomic E-state index is 0.273. The van der Waals surface area contributed by atoms with Crippen LogP contribution < -0.4 is 4.90 Å². The van der Waals surface area contributed by atoms with Crippen molar-refractivity contribution >= 4 is 32.6 Å². The molecule has 1 amide bonds. The molecule has 0 N–H and O–H groups in total. The van der Waals surface area contributed by atoms with Crippen molar-refractivity contribution in [1.29, 1.82) is 0 Å². The smallest absolute Gasteiger partial charge is 0.225 e. The molecule has 1 aromatic carbocycles. The van der Waals surface area contributed by atoms with E-state index in [9.17, 15) is 4.79 Å². The summed E-state index contributed by atoms with van der Waals surface area (Å²) in [5, 5.41) is 1.11. The summed E-state index contributed by atoms with van der Waals surface area (Å²) in [6.07, 6.45) is 9.76. The number of rotatable bonds is 6. The lowest BCUT2D eigenvalue weighted by atomic mass is 9.79. The summed E-state index contributed by atoms with van der Waals surface area (Å²) in [4.78, 5) is 22.4. The van der Waals surface area contributed by atoms with Gasteiger partial charge in [0.2, 0.25) is 5.91 Å². The molecule has 1 aliphatic carbocycles. The Morgan fingerprint density at radius 1 is 1.10 bits per heavy atom. The number of carbonyl (C=O) groups is 1. The summed E-state index contributed by atoms with van der Waals surface area (Å²) >= 11 is 1.79. The second-order valence-corrected chi connectivity index (χ2v) is 9.83. The number of aromatic nitrogens is 1. The number of fused-ring (bicyclic) bond motifs is 1. The molecule has 2 aromatic rings. The van der Waals surface area contributed by atoms with Crippen molar-refractivity contribution in [2.45, 2.75) is 65.2 Å². The quantitative estimate of drug-likeness (QED) is 0.627. The second kappa shape index (κ2) is 9.46. The van der Waals surface area contributed by atoms with Crippen molar-refractivity contribution in [2.24, 2.45) is 11.8 Å². The van der Waals surface area contributed by atoms with Crippen LogP contribution in [0.15, 0.2) is 18.2 Å². The molecule has 1 aromatic heterocycles. The lowest BCUT2D eigenvalue weighted by Gasteiger charge is -2.37. The maximum atomic E-state index is 13.0. The van der Waals surface area contributed by atoms with Crippen LogP contribution in [0.2, 0.25) is 0 Å². The van der Waals surface area contributed by atoms with Crippen LogP contribution in [-0.4, -0.2) is 42.0 Å². The molecule has 1 saturated heterocycles. The largest absolute Gasteiger partial charge is 0.345 e. The first-order chi connectivity index (χ1) is 14.2. The van der Waals surface area contributed by atoms with Crippen LogP contribution in [0.25, 0.3) is 10.2 Å². The van der Waals surface area contributed by atoms with Gasteiger partial charge in [0.05, 0.1) is 10.2 Å². The molecule has 29 heavy (non-hydrogen) atoms. The molecule has 0 bridgehead atoms. The Bertz CT molecular complexity index is 817. The third-order valence-corrected chi connectivity index (χ3v) is 7.95. The Morgan fingerprint density at radius 3 is 2.55 bits per heavy atom. The predicted molar refractivity (Wildman–Crippen MR) is 123 cm³/mol. The minimum Gasteiger partial charge on any atom is -0.345 e. The van der Waals surface area contributed by atoms with Crippen LogP contribution in [0.5, 0.6) is 0 Å². The molecule has 4 nitrogen and oxygen atoms in total. The number of hydrogen-bond acceptors (Lipinski definition) is 4. The Balaban J connectivity index is 1.30. The van der Waals surface area contributed by atoms with Crippen LogP contribution in [-0.2, 0) is 11.2 Å². The summed E-state index contributed by atoms with van der Waals surface area (Å²) in [6.45, 7) is 7.94. The number of hydrogen-bond donors (Lipinski definition) is 0. The molecule has 0 spiro atoms. The highest BCUT2D eigenvalue weighted by molar-refractivity contribution is 7.22. The van der Waals surface area contributed by atoms with Gasteiger partial charge in [-0.15, -0.1) is 0 Å². The molecule has 1 saturated carbocycles. The van der Waals surface area contributed by atoms with E-state index in [2.05, 4.69) is 41.8 Å². The number of aryl methyl sites for hydroxylation is 1. The van der Waals surface area contributed by atoms with E-state index in [1.165, 1.54) is 42.4 Å². The Kier molecular flexibility index (Phi) is 6.74. The summed E-state index contributed by atoms with van der Waals surface area (Å²) < 4.78 is 1.28. The average Bonchev–Trinajstić information content (AvgIpc) is 3.21. The van der Waals surface area contributed by atoms with E-state index in [1.54, 1.807) is 11.3 Å². The van der Waals surface area contributed by atoms with Gasteiger partial charge in [-0.1, -0.05) is 50.5 Å². The fraction of sp³-hybridized carbons (Fsp3) is 0.667. The van der Waals surface area contributed by atoms with E-state index < -0.39 is 0 Å². The van der Waals surface area contributed by atoms with Crippen molar-refractivity contribution < 1.29 is 4.79 Å². The van der Waals surface area contributed by atoms with Gasteiger partial charge in [0, 0.05) is 32.1 Å². The fourth-order valence-corrected chi connectivity index (χ4v) is 5.96. The highest BCUT2D eigenvalue weighted by Crippen LogP contribution is 2.34. The number of carbonyl (C=O) groups excluding carboxylic acids is 1. The Morgan fingerprint density at radius 2 is 1.86 bits per heavy atom. The molecule has 158 valence electrons. The first-order valence-electron chi connectivity index (χ1n) is 11.6. The summed E-state index contributed by atoms with van der Waals surface area (Å²) in [7, 11) is 0. The molecule has 4 rings (SSSR count). The van der Waals surface area contributed by atoms with Crippen LogP contribution >= 0.6 is 11.3 Å². The van der Waals surface area contributed by atoms with Gasteiger partial charge >= 0.3 is 0 Å². The zero-order valence-electron chi connectivity index (χ0n) is 18.0. The number of amides is 1. The summed E-state index contributed by atoms with van der Waals surface area (Å²) in [5.74, 6) is 1.55. The zero-order chi connectivity index (χ0) is 20.2. The first-order valence-corrected chi connectivity index (χ1v) is 12.4. The number of piperazine rings is 1. The minimum atomic E-state index is 0.273. The van der Waals surface area contributed by atoms with Gasteiger partial charge in [-0.25, -0.2) is 4.98 Å². The maximum absolute atomic E-state index is 13.0. The van der Waals surface area contributed by atoms with Gasteiger partial charge < -0.3 is 9.80 Å². The van der Waals surface area contributed by atoms with Gasteiger partial charge in [0.25, 0.3) is 0 Å². The van der Waals surface area contributed by atoms with Crippen molar-refractivity contribution in [3.63, 3.8) is 0 Å². The molecule has 2 aliphatic rings. The highest BCUT2D eigenvalue weighted by atomic mass is 32.1. The third kappa shape index (κ3) is 4.76. The van der Waals surface area contributed by atoms with Crippen LogP contribution in [0.1, 0.15) is 64.4 Å². The average molecular weight is 414 g/mol. The lowest BCUT2D eigenvalue weighted by molar-refractivity contribution is -0.137. The molecule has 0 unspecified atom stereocenters. The number of anilines is 1. The zero-order valence-corrected chi connectivity index (χ0v) is 18.8. The first kappa shape index (κ1) is 20.6. The lowest BCUT2D eigenvalue weighted by Crippen LogP contribution is -2.50. The molecule has 5 heteroatoms. The predicted octanol–water partition coefficient (Wildman–Crippen LogP) is 5.50. The topological polar surface area (TPSA) is 36.4 Å². The van der Waals surface area contributed by atoms with Crippen molar-refractivity contribution in [1.82, 2.24) is 9.88 Å². The maximum Gasteiger partial charge on any atom is 0.225 e. The van der Waals surface area contributed by atoms with Gasteiger partial charge in [0.1, 0.15) is 0 Å². The monoisotopic (exact) mass is 413 g/mol. The molecular weight excluding hydrogens is 378 g/mol. The van der Waals surface area contributed by atoms with Crippen LogP contribution in [0.4, 0.5) is 5.13 Å². The fourth-order valence-electron chi connectivity index (χ4n) is 4.88. The van der Waals surface area contributed by atoms with E-state index >= 15 is 0 Å². The summed E-state index contributed by atoms with van der Waals surface area (Å²) in [6, 6.07) is 6.59. The Labute approximate surface area is 179 Å². The van der Waals surface area contributed by atoms with Crippen molar-refractivity contribution in [2.75, 3.05) is 31.1 Å². The van der Waals surface area contributed by atoms with Gasteiger partial charge in [-0.3, -0.25) is 4.79 Å². The summed E-state index contributed by atoms with van der Waals surface area (Å²) in [5.41, 5.74) is 2.47. The van der Waals surface area contributed by atoms with Crippen LogP contribution in [0, 0.1) is 11.8 Å². The molecule has 2 fully saturated rings. The molecule has 2 heterocycles. The van der Waals surface area contributed by atoms with Gasteiger partial charge in [0.15, 0.2) is 5.13 Å². The van der Waals surface area contributed by atoms with Gasteiger partial charge in [-0.2, -0.15) is 0 Å². The highest BCUT2D eigenvalue weighted by Gasteiger charge is 2.31. The number of unbranched alkanes of at least 4 members (excludes halogenated alkanes) is 1. The van der Waals surface area contributed by atoms with Crippen LogP contribution in [0.3, 0.4) is 0 Å². The standard InChI is InChI=1S/C24H35N3OS/c1-3-5-6-19-7-10-20(11-8-19)23(28)26-13-15-27(16-14-26)24-25-21-12-9-18(4-2)17-22(21)29-24/h9,12,17,19-20H,3-8,10-11,13-16H2,1-2H3. The molecular formula is C24H35N3OS. The molecule has 0 radical (unpaired) electrons. The third-order valence-electron chi connectivity index (χ3n) is 6.87. The van der Waals surface area contributed by atoms with Gasteiger partial charge in [-0.05, 0) is 55.7 Å². The second-order valence-electron chi connectivity index (χ2n) is 8.82. The Hall–Kier alpha value is -1.62. The van der Waals surface area contributed by atoms with Crippen molar-refractivity contribution in [3.05, 3.63) is 23.8 Å². The van der Waals surface area contributed by atoms with E-state index in [0.717, 1.165) is 62.0 Å².